The van der Waals surface area contributed by atoms with Gasteiger partial charge in [-0.25, -0.2) is 4.79 Å². The smallest absolute Gasteiger partial charge is 0.338 e. The van der Waals surface area contributed by atoms with Crippen molar-refractivity contribution in [2.75, 3.05) is 6.61 Å². The second-order valence-electron chi connectivity index (χ2n) is 4.65. The Balaban J connectivity index is 2.19. The lowest BCUT2D eigenvalue weighted by atomic mass is 10.1. The zero-order valence-electron chi connectivity index (χ0n) is 11.7. The van der Waals surface area contributed by atoms with Crippen molar-refractivity contribution < 1.29 is 9.53 Å². The molecular weight excluding hydrogens is 334 g/mol. The average molecular weight is 350 g/mol. The van der Waals surface area contributed by atoms with Gasteiger partial charge in [-0.2, -0.15) is 0 Å². The lowest BCUT2D eigenvalue weighted by Crippen LogP contribution is -2.19. The van der Waals surface area contributed by atoms with E-state index in [2.05, 4.69) is 15.9 Å². The molecule has 0 unspecified atom stereocenters. The molecule has 0 spiro atoms. The van der Waals surface area contributed by atoms with Gasteiger partial charge in [-0.3, -0.25) is 4.79 Å². The number of esters is 1. The Labute approximate surface area is 131 Å². The predicted molar refractivity (Wildman–Crippen MR) is 84.5 cm³/mol. The summed E-state index contributed by atoms with van der Waals surface area (Å²) in [5, 5.41) is 0. The van der Waals surface area contributed by atoms with Gasteiger partial charge in [0.05, 0.1) is 18.7 Å². The Kier molecular flexibility index (Phi) is 5.33. The van der Waals surface area contributed by atoms with Crippen LogP contribution in [0.25, 0.3) is 0 Å². The number of nitrogens with zero attached hydrogens (tertiary/aromatic N) is 1. The molecule has 0 amide bonds. The van der Waals surface area contributed by atoms with E-state index in [0.29, 0.717) is 18.7 Å². The molecule has 0 radical (unpaired) electrons. The minimum absolute atomic E-state index is 0.0860. The van der Waals surface area contributed by atoms with E-state index in [1.54, 1.807) is 35.0 Å². The number of aromatic nitrogens is 1. The normalized spacial score (nSPS) is 10.4. The van der Waals surface area contributed by atoms with E-state index < -0.39 is 0 Å². The second-order valence-corrected chi connectivity index (χ2v) is 5.57. The highest BCUT2D eigenvalue weighted by atomic mass is 79.9. The van der Waals surface area contributed by atoms with Gasteiger partial charge in [0.25, 0.3) is 5.56 Å². The van der Waals surface area contributed by atoms with E-state index in [1.165, 1.54) is 6.07 Å². The molecule has 1 aromatic carbocycles. The Morgan fingerprint density at radius 2 is 2.10 bits per heavy atom. The van der Waals surface area contributed by atoms with Crippen LogP contribution in [0.3, 0.4) is 0 Å². The summed E-state index contributed by atoms with van der Waals surface area (Å²) in [6.07, 6.45) is 2.52. The first-order valence-electron chi connectivity index (χ1n) is 6.72. The maximum atomic E-state index is 11.8. The third-order valence-corrected chi connectivity index (χ3v) is 3.37. The van der Waals surface area contributed by atoms with Gasteiger partial charge in [-0.05, 0) is 46.1 Å². The fraction of sp³-hybridized carbons (Fsp3) is 0.250. The average Bonchev–Trinajstić information content (AvgIpc) is 2.49. The highest BCUT2D eigenvalue weighted by Gasteiger charge is 2.08. The van der Waals surface area contributed by atoms with Crippen LogP contribution >= 0.6 is 15.9 Å². The van der Waals surface area contributed by atoms with Gasteiger partial charge >= 0.3 is 5.97 Å². The molecule has 0 atom stereocenters. The molecule has 1 heterocycles. The van der Waals surface area contributed by atoms with Crippen molar-refractivity contribution in [2.24, 2.45) is 0 Å². The van der Waals surface area contributed by atoms with Crippen molar-refractivity contribution in [1.82, 2.24) is 4.57 Å². The highest BCUT2D eigenvalue weighted by molar-refractivity contribution is 9.10. The van der Waals surface area contributed by atoms with Crippen LogP contribution in [0.2, 0.25) is 0 Å². The SMILES string of the molecule is CCCOC(=O)c1cccc(Cn2cc(Br)ccc2=O)c1. The number of hydrogen-bond donors (Lipinski definition) is 0. The van der Waals surface area contributed by atoms with Gasteiger partial charge in [0.15, 0.2) is 0 Å². The molecule has 2 aromatic rings. The van der Waals surface area contributed by atoms with Crippen LogP contribution in [-0.2, 0) is 11.3 Å². The van der Waals surface area contributed by atoms with Gasteiger partial charge in [-0.15, -0.1) is 0 Å². The van der Waals surface area contributed by atoms with Gasteiger partial charge in [0.2, 0.25) is 0 Å². The number of ether oxygens (including phenoxy) is 1. The number of carbonyl (C=O) groups excluding carboxylic acids is 1. The summed E-state index contributed by atoms with van der Waals surface area (Å²) in [5.41, 5.74) is 1.29. The van der Waals surface area contributed by atoms with Crippen LogP contribution in [0.15, 0.2) is 51.9 Å². The number of pyridine rings is 1. The first-order chi connectivity index (χ1) is 10.1. The van der Waals surface area contributed by atoms with Crippen LogP contribution in [0.5, 0.6) is 0 Å². The monoisotopic (exact) mass is 349 g/mol. The van der Waals surface area contributed by atoms with Gasteiger partial charge in [0, 0.05) is 16.7 Å². The van der Waals surface area contributed by atoms with E-state index in [1.807, 2.05) is 13.0 Å². The number of hydrogen-bond acceptors (Lipinski definition) is 3. The minimum atomic E-state index is -0.333. The summed E-state index contributed by atoms with van der Waals surface area (Å²) < 4.78 is 7.53. The number of rotatable bonds is 5. The van der Waals surface area contributed by atoms with E-state index in [4.69, 9.17) is 4.74 Å². The summed E-state index contributed by atoms with van der Waals surface area (Å²) in [6.45, 7) is 2.77. The predicted octanol–water partition coefficient (Wildman–Crippen LogP) is 3.23. The van der Waals surface area contributed by atoms with Crippen molar-refractivity contribution in [3.63, 3.8) is 0 Å². The number of halogens is 1. The van der Waals surface area contributed by atoms with Crippen LogP contribution in [-0.4, -0.2) is 17.1 Å². The number of benzene rings is 1. The lowest BCUT2D eigenvalue weighted by molar-refractivity contribution is 0.0505. The Morgan fingerprint density at radius 3 is 2.86 bits per heavy atom. The topological polar surface area (TPSA) is 48.3 Å². The summed E-state index contributed by atoms with van der Waals surface area (Å²) >= 11 is 3.34. The molecule has 5 heteroatoms. The third kappa shape index (κ3) is 4.29. The van der Waals surface area contributed by atoms with Crippen molar-refractivity contribution in [1.29, 1.82) is 0 Å². The zero-order chi connectivity index (χ0) is 15.2. The Morgan fingerprint density at radius 1 is 1.29 bits per heavy atom. The molecule has 21 heavy (non-hydrogen) atoms. The quantitative estimate of drug-likeness (QED) is 0.778. The van der Waals surface area contributed by atoms with Crippen LogP contribution in [0.1, 0.15) is 29.3 Å². The fourth-order valence-corrected chi connectivity index (χ4v) is 2.28. The summed E-state index contributed by atoms with van der Waals surface area (Å²) in [7, 11) is 0. The molecule has 0 bridgehead atoms. The summed E-state index contributed by atoms with van der Waals surface area (Å²) in [5.74, 6) is -0.333. The van der Waals surface area contributed by atoms with Crippen molar-refractivity contribution in [3.8, 4) is 0 Å². The zero-order valence-corrected chi connectivity index (χ0v) is 13.3. The first-order valence-corrected chi connectivity index (χ1v) is 7.51. The molecular formula is C16H16BrNO3. The molecule has 0 aliphatic rings. The van der Waals surface area contributed by atoms with Gasteiger partial charge in [-0.1, -0.05) is 19.1 Å². The lowest BCUT2D eigenvalue weighted by Gasteiger charge is -2.08. The van der Waals surface area contributed by atoms with Crippen LogP contribution in [0.4, 0.5) is 0 Å². The molecule has 2 rings (SSSR count). The molecule has 0 saturated heterocycles. The first kappa shape index (κ1) is 15.5. The molecule has 0 aliphatic heterocycles. The van der Waals surface area contributed by atoms with E-state index >= 15 is 0 Å². The van der Waals surface area contributed by atoms with Gasteiger partial charge < -0.3 is 9.30 Å². The van der Waals surface area contributed by atoms with Gasteiger partial charge in [0.1, 0.15) is 0 Å². The Bertz CT molecular complexity index is 694. The molecule has 4 nitrogen and oxygen atoms in total. The minimum Gasteiger partial charge on any atom is -0.462 e. The largest absolute Gasteiger partial charge is 0.462 e. The van der Waals surface area contributed by atoms with E-state index in [0.717, 1.165) is 16.5 Å². The summed E-state index contributed by atoms with van der Waals surface area (Å²) in [6, 6.07) is 10.3. The number of carbonyl (C=O) groups is 1. The van der Waals surface area contributed by atoms with Crippen LogP contribution < -0.4 is 5.56 Å². The maximum absolute atomic E-state index is 11.8. The highest BCUT2D eigenvalue weighted by Crippen LogP contribution is 2.10. The second kappa shape index (κ2) is 7.22. The molecule has 0 saturated carbocycles. The third-order valence-electron chi connectivity index (χ3n) is 2.90. The Hall–Kier alpha value is -1.88. The molecule has 0 fully saturated rings. The molecule has 0 N–H and O–H groups in total. The maximum Gasteiger partial charge on any atom is 0.338 e. The summed E-state index contributed by atoms with van der Waals surface area (Å²) in [4.78, 5) is 23.6. The van der Waals surface area contributed by atoms with E-state index in [9.17, 15) is 9.59 Å². The van der Waals surface area contributed by atoms with E-state index in [-0.39, 0.29) is 11.5 Å². The van der Waals surface area contributed by atoms with Crippen molar-refractivity contribution >= 4 is 21.9 Å². The van der Waals surface area contributed by atoms with Crippen LogP contribution in [0, 0.1) is 0 Å². The molecule has 110 valence electrons. The standard InChI is InChI=1S/C16H16BrNO3/c1-2-8-21-16(20)13-5-3-4-12(9-13)10-18-11-14(17)6-7-15(18)19/h3-7,9,11H,2,8,10H2,1H3. The molecule has 0 aliphatic carbocycles. The van der Waals surface area contributed by atoms with Crippen molar-refractivity contribution in [2.45, 2.75) is 19.9 Å². The fourth-order valence-electron chi connectivity index (χ4n) is 1.90. The molecule has 1 aromatic heterocycles. The van der Waals surface area contributed by atoms with Crippen molar-refractivity contribution in [3.05, 3.63) is 68.5 Å².